The van der Waals surface area contributed by atoms with Crippen LogP contribution in [-0.4, -0.2) is 17.7 Å². The molecule has 0 radical (unpaired) electrons. The van der Waals surface area contributed by atoms with Crippen molar-refractivity contribution in [2.24, 2.45) is 11.8 Å². The Bertz CT molecular complexity index is 187. The van der Waals surface area contributed by atoms with Crippen molar-refractivity contribution in [3.05, 3.63) is 0 Å². The Balaban J connectivity index is 4.11. The lowest BCUT2D eigenvalue weighted by molar-refractivity contribution is -0.134. The lowest BCUT2D eigenvalue weighted by Gasteiger charge is -2.09. The molecule has 0 bridgehead atoms. The van der Waals surface area contributed by atoms with Gasteiger partial charge in [0, 0.05) is 12.8 Å². The number of carbonyl (C=O) groups excluding carboxylic acids is 2. The zero-order chi connectivity index (χ0) is 11.3. The molecule has 0 saturated heterocycles. The average molecular weight is 202 g/mol. The van der Waals surface area contributed by atoms with E-state index in [0.29, 0.717) is 0 Å². The highest BCUT2D eigenvalue weighted by Gasteiger charge is 2.26. The highest BCUT2D eigenvalue weighted by molar-refractivity contribution is 6.05. The molecule has 0 aliphatic carbocycles. The molecule has 0 atom stereocenters. The molecular weight excluding hydrogens is 183 g/mol. The van der Waals surface area contributed by atoms with Gasteiger partial charge in [-0.25, -0.2) is 4.39 Å². The van der Waals surface area contributed by atoms with Gasteiger partial charge in [-0.1, -0.05) is 27.7 Å². The largest absolute Gasteiger partial charge is 0.296 e. The van der Waals surface area contributed by atoms with Gasteiger partial charge in [-0.2, -0.15) is 0 Å². The van der Waals surface area contributed by atoms with E-state index in [1.807, 2.05) is 27.7 Å². The van der Waals surface area contributed by atoms with Crippen molar-refractivity contribution in [3.63, 3.8) is 0 Å². The van der Waals surface area contributed by atoms with Crippen molar-refractivity contribution in [1.82, 2.24) is 0 Å². The second kappa shape index (κ2) is 5.89. The van der Waals surface area contributed by atoms with E-state index in [4.69, 9.17) is 0 Å². The maximum absolute atomic E-state index is 13.2. The highest BCUT2D eigenvalue weighted by Crippen LogP contribution is 2.11. The Kier molecular flexibility index (Phi) is 5.58. The third kappa shape index (κ3) is 5.10. The standard InChI is InChI=1S/C11H19FO2/c1-7(2)5-9(13)11(12)10(14)6-8(3)4/h7-8,11H,5-6H2,1-4H3. The van der Waals surface area contributed by atoms with Gasteiger partial charge in [-0.05, 0) is 11.8 Å². The summed E-state index contributed by atoms with van der Waals surface area (Å²) in [6, 6.07) is 0. The molecule has 3 heteroatoms. The molecule has 2 nitrogen and oxygen atoms in total. The van der Waals surface area contributed by atoms with Crippen LogP contribution in [0.2, 0.25) is 0 Å². The van der Waals surface area contributed by atoms with Crippen molar-refractivity contribution in [2.75, 3.05) is 0 Å². The van der Waals surface area contributed by atoms with Gasteiger partial charge in [-0.3, -0.25) is 9.59 Å². The van der Waals surface area contributed by atoms with Crippen molar-refractivity contribution in [2.45, 2.75) is 46.7 Å². The molecule has 0 aliphatic heterocycles. The normalized spacial score (nSPS) is 11.4. The second-order valence-electron chi connectivity index (χ2n) is 4.49. The summed E-state index contributed by atoms with van der Waals surface area (Å²) in [5.41, 5.74) is 0. The summed E-state index contributed by atoms with van der Waals surface area (Å²) in [7, 11) is 0. The maximum atomic E-state index is 13.2. The van der Waals surface area contributed by atoms with E-state index in [-0.39, 0.29) is 24.7 Å². The average Bonchev–Trinajstić information content (AvgIpc) is 2.00. The van der Waals surface area contributed by atoms with Crippen LogP contribution < -0.4 is 0 Å². The summed E-state index contributed by atoms with van der Waals surface area (Å²) in [5.74, 6) is -0.948. The van der Waals surface area contributed by atoms with E-state index in [1.54, 1.807) is 0 Å². The zero-order valence-electron chi connectivity index (χ0n) is 9.34. The molecular formula is C11H19FO2. The number of carbonyl (C=O) groups is 2. The van der Waals surface area contributed by atoms with Gasteiger partial charge in [0.15, 0.2) is 11.6 Å². The zero-order valence-corrected chi connectivity index (χ0v) is 9.34. The first-order valence-corrected chi connectivity index (χ1v) is 5.04. The Hall–Kier alpha value is -0.730. The highest BCUT2D eigenvalue weighted by atomic mass is 19.1. The fraction of sp³-hybridized carbons (Fsp3) is 0.818. The molecule has 0 aliphatic rings. The molecule has 0 amide bonds. The summed E-state index contributed by atoms with van der Waals surface area (Å²) in [4.78, 5) is 22.4. The fourth-order valence-electron chi connectivity index (χ4n) is 1.19. The predicted octanol–water partition coefficient (Wildman–Crippen LogP) is 2.55. The van der Waals surface area contributed by atoms with Gasteiger partial charge in [0.05, 0.1) is 0 Å². The molecule has 0 saturated carbocycles. The number of hydrogen-bond donors (Lipinski definition) is 0. The third-order valence-corrected chi connectivity index (χ3v) is 1.78. The molecule has 0 heterocycles. The quantitative estimate of drug-likeness (QED) is 0.620. The third-order valence-electron chi connectivity index (χ3n) is 1.78. The predicted molar refractivity (Wildman–Crippen MR) is 53.8 cm³/mol. The molecule has 82 valence electrons. The Labute approximate surface area is 84.9 Å². The van der Waals surface area contributed by atoms with Crippen LogP contribution in [0.5, 0.6) is 0 Å². The van der Waals surface area contributed by atoms with Crippen LogP contribution in [-0.2, 0) is 9.59 Å². The monoisotopic (exact) mass is 202 g/mol. The second-order valence-corrected chi connectivity index (χ2v) is 4.49. The lowest BCUT2D eigenvalue weighted by Crippen LogP contribution is -2.27. The summed E-state index contributed by atoms with van der Waals surface area (Å²) >= 11 is 0. The van der Waals surface area contributed by atoms with Crippen molar-refractivity contribution in [3.8, 4) is 0 Å². The first-order valence-electron chi connectivity index (χ1n) is 5.04. The van der Waals surface area contributed by atoms with Gasteiger partial charge in [0.25, 0.3) is 0 Å². The SMILES string of the molecule is CC(C)CC(=O)C(F)C(=O)CC(C)C. The number of rotatable bonds is 6. The topological polar surface area (TPSA) is 34.1 Å². The number of ketones is 2. The minimum atomic E-state index is -1.90. The molecule has 0 spiro atoms. The van der Waals surface area contributed by atoms with Crippen LogP contribution in [0, 0.1) is 11.8 Å². The molecule has 0 aromatic rings. The van der Waals surface area contributed by atoms with Gasteiger partial charge >= 0.3 is 0 Å². The molecule has 0 aromatic heterocycles. The minimum absolute atomic E-state index is 0.104. The van der Waals surface area contributed by atoms with Gasteiger partial charge in [-0.15, -0.1) is 0 Å². The van der Waals surface area contributed by atoms with Gasteiger partial charge < -0.3 is 0 Å². The summed E-state index contributed by atoms with van der Waals surface area (Å²) in [6.45, 7) is 7.32. The number of alkyl halides is 1. The van der Waals surface area contributed by atoms with Crippen LogP contribution >= 0.6 is 0 Å². The van der Waals surface area contributed by atoms with Crippen molar-refractivity contribution >= 4 is 11.6 Å². The first kappa shape index (κ1) is 13.3. The van der Waals surface area contributed by atoms with Gasteiger partial charge in [0.1, 0.15) is 0 Å². The smallest absolute Gasteiger partial charge is 0.216 e. The summed E-state index contributed by atoms with van der Waals surface area (Å²) < 4.78 is 13.2. The van der Waals surface area contributed by atoms with Crippen LogP contribution in [0.3, 0.4) is 0 Å². The van der Waals surface area contributed by atoms with Crippen LogP contribution in [0.25, 0.3) is 0 Å². The number of halogens is 1. The van der Waals surface area contributed by atoms with Crippen LogP contribution in [0.15, 0.2) is 0 Å². The van der Waals surface area contributed by atoms with Crippen LogP contribution in [0.4, 0.5) is 4.39 Å². The van der Waals surface area contributed by atoms with Crippen molar-refractivity contribution < 1.29 is 14.0 Å². The molecule has 0 unspecified atom stereocenters. The van der Waals surface area contributed by atoms with Gasteiger partial charge in [0.2, 0.25) is 6.17 Å². The lowest BCUT2D eigenvalue weighted by atomic mass is 9.97. The Morgan fingerprint density at radius 1 is 0.929 bits per heavy atom. The Morgan fingerprint density at radius 3 is 1.43 bits per heavy atom. The summed E-state index contributed by atoms with van der Waals surface area (Å²) in [5, 5.41) is 0. The number of Topliss-reactive ketones (excluding diaryl/α,β-unsaturated/α-hetero) is 2. The van der Waals surface area contributed by atoms with E-state index < -0.39 is 17.7 Å². The van der Waals surface area contributed by atoms with Crippen molar-refractivity contribution in [1.29, 1.82) is 0 Å². The molecule has 14 heavy (non-hydrogen) atoms. The first-order chi connectivity index (χ1) is 6.34. The maximum Gasteiger partial charge on any atom is 0.216 e. The molecule has 0 N–H and O–H groups in total. The van der Waals surface area contributed by atoms with E-state index in [2.05, 4.69) is 0 Å². The summed E-state index contributed by atoms with van der Waals surface area (Å²) in [6.07, 6.45) is -1.62. The molecule has 0 rings (SSSR count). The fourth-order valence-corrected chi connectivity index (χ4v) is 1.19. The van der Waals surface area contributed by atoms with E-state index in [1.165, 1.54) is 0 Å². The van der Waals surface area contributed by atoms with E-state index in [0.717, 1.165) is 0 Å². The molecule has 0 aromatic carbocycles. The van der Waals surface area contributed by atoms with E-state index in [9.17, 15) is 14.0 Å². The minimum Gasteiger partial charge on any atom is -0.296 e. The van der Waals surface area contributed by atoms with Crippen LogP contribution in [0.1, 0.15) is 40.5 Å². The van der Waals surface area contributed by atoms with E-state index >= 15 is 0 Å². The number of hydrogen-bond acceptors (Lipinski definition) is 2. The molecule has 0 fully saturated rings. The Morgan fingerprint density at radius 2 is 1.21 bits per heavy atom.